The number of hydrogen-bond acceptors (Lipinski definition) is 0. The number of allylic oxidation sites excluding steroid dienone is 3. The van der Waals surface area contributed by atoms with Crippen molar-refractivity contribution in [3.05, 3.63) is 29.6 Å². The van der Waals surface area contributed by atoms with Gasteiger partial charge in [-0.3, -0.25) is 0 Å². The van der Waals surface area contributed by atoms with Gasteiger partial charge in [0.05, 0.1) is 0 Å². The predicted octanol–water partition coefficient (Wildman–Crippen LogP) is 2.90. The van der Waals surface area contributed by atoms with Crippen LogP contribution in [0.3, 0.4) is 0 Å². The molecule has 66 valence electrons. The quantitative estimate of drug-likeness (QED) is 0.563. The summed E-state index contributed by atoms with van der Waals surface area (Å²) in [5.74, 6) is 1.48. The molecule has 2 aliphatic rings. The second-order valence-corrected chi connectivity index (χ2v) is 3.77. The first-order valence-electron chi connectivity index (χ1n) is 4.86. The van der Waals surface area contributed by atoms with Crippen LogP contribution in [0.4, 0.5) is 0 Å². The molecule has 3 atom stereocenters. The minimum atomic E-state index is 0.588. The Hall–Kier alpha value is -0.560. The highest BCUT2D eigenvalue weighted by molar-refractivity contribution is 5.19. The van der Waals surface area contributed by atoms with Crippen LogP contribution in [0.25, 0.3) is 5.32 Å². The van der Waals surface area contributed by atoms with Gasteiger partial charge in [-0.25, -0.2) is 0 Å². The molecule has 0 bridgehead atoms. The molecule has 0 amide bonds. The SMILES string of the molecule is C[N-]C1CCCC2C=CC=CC21. The number of nitrogens with zero attached hydrogens (tertiary/aromatic N) is 1. The van der Waals surface area contributed by atoms with Crippen LogP contribution in [0.2, 0.25) is 0 Å². The van der Waals surface area contributed by atoms with Crippen molar-refractivity contribution in [2.75, 3.05) is 7.05 Å². The van der Waals surface area contributed by atoms with Gasteiger partial charge in [-0.2, -0.15) is 7.05 Å². The molecule has 12 heavy (non-hydrogen) atoms. The first-order chi connectivity index (χ1) is 5.92. The van der Waals surface area contributed by atoms with Gasteiger partial charge in [0.2, 0.25) is 0 Å². The molecular weight excluding hydrogens is 146 g/mol. The predicted molar refractivity (Wildman–Crippen MR) is 52.2 cm³/mol. The second kappa shape index (κ2) is 3.44. The van der Waals surface area contributed by atoms with E-state index >= 15 is 0 Å². The van der Waals surface area contributed by atoms with Crippen molar-refractivity contribution in [1.29, 1.82) is 0 Å². The molecule has 1 fully saturated rings. The van der Waals surface area contributed by atoms with Crippen LogP contribution in [-0.2, 0) is 0 Å². The summed E-state index contributed by atoms with van der Waals surface area (Å²) in [4.78, 5) is 0. The maximum atomic E-state index is 4.45. The van der Waals surface area contributed by atoms with Gasteiger partial charge < -0.3 is 5.32 Å². The van der Waals surface area contributed by atoms with Gasteiger partial charge in [-0.15, -0.1) is 6.04 Å². The van der Waals surface area contributed by atoms with Crippen molar-refractivity contribution in [1.82, 2.24) is 0 Å². The summed E-state index contributed by atoms with van der Waals surface area (Å²) in [6, 6.07) is 0.588. The molecule has 0 radical (unpaired) electrons. The molecule has 1 nitrogen and oxygen atoms in total. The summed E-state index contributed by atoms with van der Waals surface area (Å²) >= 11 is 0. The van der Waals surface area contributed by atoms with Gasteiger partial charge in [-0.1, -0.05) is 37.1 Å². The molecule has 1 saturated carbocycles. The van der Waals surface area contributed by atoms with E-state index in [4.69, 9.17) is 0 Å². The molecule has 0 aromatic rings. The van der Waals surface area contributed by atoms with Crippen molar-refractivity contribution < 1.29 is 0 Å². The van der Waals surface area contributed by atoms with Crippen molar-refractivity contribution in [2.45, 2.75) is 25.3 Å². The molecule has 0 heterocycles. The lowest BCUT2D eigenvalue weighted by molar-refractivity contribution is 0.313. The van der Waals surface area contributed by atoms with E-state index in [0.29, 0.717) is 12.0 Å². The largest absolute Gasteiger partial charge is 0.662 e. The van der Waals surface area contributed by atoms with Crippen molar-refractivity contribution in [3.8, 4) is 0 Å². The summed E-state index contributed by atoms with van der Waals surface area (Å²) < 4.78 is 0. The first kappa shape index (κ1) is 8.06. The van der Waals surface area contributed by atoms with Gasteiger partial charge in [0.1, 0.15) is 0 Å². The average Bonchev–Trinajstić information content (AvgIpc) is 2.17. The maximum absolute atomic E-state index is 4.45. The van der Waals surface area contributed by atoms with Crippen molar-refractivity contribution in [3.63, 3.8) is 0 Å². The molecule has 0 aliphatic heterocycles. The van der Waals surface area contributed by atoms with Crippen LogP contribution in [0.5, 0.6) is 0 Å². The van der Waals surface area contributed by atoms with E-state index < -0.39 is 0 Å². The van der Waals surface area contributed by atoms with E-state index in [1.165, 1.54) is 19.3 Å². The highest BCUT2D eigenvalue weighted by Gasteiger charge is 2.24. The summed E-state index contributed by atoms with van der Waals surface area (Å²) in [6.45, 7) is 0. The van der Waals surface area contributed by atoms with Gasteiger partial charge >= 0.3 is 0 Å². The molecule has 1 heteroatoms. The van der Waals surface area contributed by atoms with Crippen LogP contribution < -0.4 is 0 Å². The van der Waals surface area contributed by atoms with E-state index in [-0.39, 0.29) is 0 Å². The third-order valence-electron chi connectivity index (χ3n) is 3.11. The Morgan fingerprint density at radius 1 is 1.17 bits per heavy atom. The summed E-state index contributed by atoms with van der Waals surface area (Å²) in [6.07, 6.45) is 13.0. The standard InChI is InChI=1S/C11H16N/c1-12-11-8-4-6-9-5-2-3-7-10(9)11/h2-3,5,7,9-11H,4,6,8H2,1H3/q-1. The third kappa shape index (κ3) is 1.34. The lowest BCUT2D eigenvalue weighted by Gasteiger charge is -2.43. The number of hydrogen-bond donors (Lipinski definition) is 0. The summed E-state index contributed by atoms with van der Waals surface area (Å²) in [7, 11) is 1.96. The van der Waals surface area contributed by atoms with Crippen LogP contribution in [0.1, 0.15) is 19.3 Å². The van der Waals surface area contributed by atoms with E-state index in [9.17, 15) is 0 Å². The molecule has 2 rings (SSSR count). The van der Waals surface area contributed by atoms with E-state index in [2.05, 4.69) is 29.6 Å². The van der Waals surface area contributed by atoms with Crippen molar-refractivity contribution in [2.24, 2.45) is 11.8 Å². The van der Waals surface area contributed by atoms with Gasteiger partial charge in [0, 0.05) is 0 Å². The normalized spacial score (nSPS) is 39.6. The zero-order valence-corrected chi connectivity index (χ0v) is 7.61. The first-order valence-corrected chi connectivity index (χ1v) is 4.86. The van der Waals surface area contributed by atoms with Gasteiger partial charge in [-0.05, 0) is 18.3 Å². The Kier molecular flexibility index (Phi) is 2.31. The lowest BCUT2D eigenvalue weighted by atomic mass is 9.74. The van der Waals surface area contributed by atoms with Crippen molar-refractivity contribution >= 4 is 0 Å². The number of fused-ring (bicyclic) bond motifs is 1. The molecule has 3 unspecified atom stereocenters. The Balaban J connectivity index is 2.11. The Morgan fingerprint density at radius 3 is 2.83 bits per heavy atom. The smallest absolute Gasteiger partial charge is 0.0181 e. The molecule has 0 N–H and O–H groups in total. The maximum Gasteiger partial charge on any atom is -0.0181 e. The van der Waals surface area contributed by atoms with Crippen LogP contribution >= 0.6 is 0 Å². The summed E-state index contributed by atoms with van der Waals surface area (Å²) in [5.41, 5.74) is 0. The highest BCUT2D eigenvalue weighted by atomic mass is 14.9. The Morgan fingerprint density at radius 2 is 2.00 bits per heavy atom. The lowest BCUT2D eigenvalue weighted by Crippen LogP contribution is -2.30. The molecule has 0 aromatic heterocycles. The average molecular weight is 162 g/mol. The fourth-order valence-electron chi connectivity index (χ4n) is 2.43. The zero-order valence-electron chi connectivity index (χ0n) is 7.61. The Bertz CT molecular complexity index is 205. The van der Waals surface area contributed by atoms with Crippen LogP contribution in [-0.4, -0.2) is 13.1 Å². The fraction of sp³-hybridized carbons (Fsp3) is 0.636. The minimum Gasteiger partial charge on any atom is -0.662 e. The van der Waals surface area contributed by atoms with E-state index in [1.807, 2.05) is 7.05 Å². The topological polar surface area (TPSA) is 14.1 Å². The molecule has 0 aromatic carbocycles. The van der Waals surface area contributed by atoms with Crippen LogP contribution in [0, 0.1) is 11.8 Å². The fourth-order valence-corrected chi connectivity index (χ4v) is 2.43. The van der Waals surface area contributed by atoms with Crippen LogP contribution in [0.15, 0.2) is 24.3 Å². The zero-order chi connectivity index (χ0) is 8.39. The van der Waals surface area contributed by atoms with E-state index in [0.717, 1.165) is 5.92 Å². The monoisotopic (exact) mass is 162 g/mol. The minimum absolute atomic E-state index is 0.588. The third-order valence-corrected chi connectivity index (χ3v) is 3.11. The molecule has 0 saturated heterocycles. The van der Waals surface area contributed by atoms with E-state index in [1.54, 1.807) is 0 Å². The highest BCUT2D eigenvalue weighted by Crippen LogP contribution is 2.36. The van der Waals surface area contributed by atoms with Gasteiger partial charge in [0.15, 0.2) is 0 Å². The second-order valence-electron chi connectivity index (χ2n) is 3.77. The Labute approximate surface area is 74.5 Å². The molecule has 0 spiro atoms. The molecular formula is C11H16N-. The number of rotatable bonds is 1. The summed E-state index contributed by atoms with van der Waals surface area (Å²) in [5, 5.41) is 4.45. The molecule has 2 aliphatic carbocycles. The van der Waals surface area contributed by atoms with Gasteiger partial charge in [0.25, 0.3) is 0 Å².